The Balaban J connectivity index is 4.32. The topological polar surface area (TPSA) is 46.5 Å². The Kier molecular flexibility index (Phi) is 3.38. The summed E-state index contributed by atoms with van der Waals surface area (Å²) in [4.78, 5) is 0. The molecule has 0 rings (SSSR count). The number of halogens is 3. The van der Waals surface area contributed by atoms with Gasteiger partial charge < -0.3 is 0 Å². The van der Waals surface area contributed by atoms with Crippen LogP contribution >= 0.6 is 23.2 Å². The number of hydrogen-bond donors (Lipinski definition) is 0. The first-order chi connectivity index (χ1) is 3.95. The highest BCUT2D eigenvalue weighted by atomic mass is 35.5. The van der Waals surface area contributed by atoms with E-state index in [1.807, 2.05) is 0 Å². The number of nitrogens with zero attached hydrogens (tertiary/aromatic N) is 1. The predicted octanol–water partition coefficient (Wildman–Crippen LogP) is 1.08. The Bertz CT molecular complexity index is 211. The number of alkyl halides is 1. The molecule has 0 bridgehead atoms. The molecule has 0 aromatic carbocycles. The van der Waals surface area contributed by atoms with Crippen molar-refractivity contribution in [2.75, 3.05) is 5.88 Å². The molecule has 0 aromatic heterocycles. The largest absolute Gasteiger partial charge is 0.419 e. The third-order valence-corrected chi connectivity index (χ3v) is 1.47. The first kappa shape index (κ1) is 9.13. The minimum Gasteiger partial charge on any atom is -0.170 e. The van der Waals surface area contributed by atoms with Gasteiger partial charge in [-0.3, -0.25) is 0 Å². The molecule has 0 N–H and O–H groups in total. The van der Waals surface area contributed by atoms with Crippen molar-refractivity contribution < 1.29 is 12.3 Å². The van der Waals surface area contributed by atoms with Crippen molar-refractivity contribution in [3.05, 3.63) is 0 Å². The molecule has 0 saturated heterocycles. The summed E-state index contributed by atoms with van der Waals surface area (Å²) in [5.74, 6) is -0.315. The summed E-state index contributed by atoms with van der Waals surface area (Å²) in [5, 5.41) is -0.487. The van der Waals surface area contributed by atoms with E-state index in [4.69, 9.17) is 23.2 Å². The van der Waals surface area contributed by atoms with Gasteiger partial charge in [0.05, 0.1) is 5.88 Å². The van der Waals surface area contributed by atoms with Crippen LogP contribution < -0.4 is 0 Å². The minimum absolute atomic E-state index is 0.315. The van der Waals surface area contributed by atoms with Gasteiger partial charge in [-0.25, -0.2) is 0 Å². The van der Waals surface area contributed by atoms with Crippen LogP contribution in [0.5, 0.6) is 0 Å². The highest BCUT2D eigenvalue weighted by Gasteiger charge is 2.03. The average Bonchev–Trinajstić information content (AvgIpc) is 1.62. The van der Waals surface area contributed by atoms with E-state index in [1.54, 1.807) is 0 Å². The second-order valence-corrected chi connectivity index (χ2v) is 2.72. The standard InChI is InChI=1S/C2H2Cl2FNO2S/c3-1-2(4)6-9(5,7)8/h1H2. The van der Waals surface area contributed by atoms with Crippen LogP contribution in [0, 0.1) is 0 Å². The van der Waals surface area contributed by atoms with Crippen LogP contribution in [0.3, 0.4) is 0 Å². The van der Waals surface area contributed by atoms with Gasteiger partial charge in [0.1, 0.15) is 5.17 Å². The summed E-state index contributed by atoms with van der Waals surface area (Å²) in [6, 6.07) is 0. The van der Waals surface area contributed by atoms with Crippen molar-refractivity contribution in [1.82, 2.24) is 0 Å². The second kappa shape index (κ2) is 3.34. The molecule has 0 aliphatic rings. The summed E-state index contributed by atoms with van der Waals surface area (Å²) in [5.41, 5.74) is 0. The Morgan fingerprint density at radius 3 is 2.22 bits per heavy atom. The zero-order valence-electron chi connectivity index (χ0n) is 4.01. The summed E-state index contributed by atoms with van der Waals surface area (Å²) in [6.07, 6.45) is 0. The fourth-order valence-electron chi connectivity index (χ4n) is 0.143. The number of hydrogen-bond acceptors (Lipinski definition) is 2. The zero-order chi connectivity index (χ0) is 7.49. The van der Waals surface area contributed by atoms with Crippen molar-refractivity contribution in [2.45, 2.75) is 0 Å². The lowest BCUT2D eigenvalue weighted by Crippen LogP contribution is -1.93. The maximum absolute atomic E-state index is 11.5. The predicted molar refractivity (Wildman–Crippen MR) is 34.0 cm³/mol. The molecule has 9 heavy (non-hydrogen) atoms. The maximum Gasteiger partial charge on any atom is 0.419 e. The smallest absolute Gasteiger partial charge is 0.170 e. The van der Waals surface area contributed by atoms with Crippen molar-refractivity contribution >= 4 is 38.8 Å². The normalized spacial score (nSPS) is 13.9. The van der Waals surface area contributed by atoms with Crippen LogP contribution in [0.1, 0.15) is 0 Å². The van der Waals surface area contributed by atoms with Crippen molar-refractivity contribution in [3.63, 3.8) is 0 Å². The molecule has 0 unspecified atom stereocenters. The molecule has 54 valence electrons. The lowest BCUT2D eigenvalue weighted by molar-refractivity contribution is 0.554. The van der Waals surface area contributed by atoms with Gasteiger partial charge in [-0.1, -0.05) is 15.5 Å². The summed E-state index contributed by atoms with van der Waals surface area (Å²) in [7, 11) is -4.86. The Hall–Kier alpha value is 0.130. The van der Waals surface area contributed by atoms with Gasteiger partial charge >= 0.3 is 10.4 Å². The lowest BCUT2D eigenvalue weighted by Gasteiger charge is -1.83. The first-order valence-corrected chi connectivity index (χ1v) is 3.96. The molecule has 0 saturated carbocycles. The van der Waals surface area contributed by atoms with Gasteiger partial charge in [0.15, 0.2) is 0 Å². The zero-order valence-corrected chi connectivity index (χ0v) is 6.34. The van der Waals surface area contributed by atoms with E-state index in [0.717, 1.165) is 0 Å². The third-order valence-electron chi connectivity index (χ3n) is 0.318. The molecular weight excluding hydrogens is 192 g/mol. The molecule has 0 amide bonds. The Morgan fingerprint density at radius 2 is 2.11 bits per heavy atom. The molecule has 0 radical (unpaired) electrons. The van der Waals surface area contributed by atoms with Gasteiger partial charge in [-0.15, -0.1) is 16.0 Å². The molecule has 0 heterocycles. The lowest BCUT2D eigenvalue weighted by atomic mass is 10.9. The molecule has 0 aliphatic carbocycles. The monoisotopic (exact) mass is 193 g/mol. The number of rotatable bonds is 2. The van der Waals surface area contributed by atoms with E-state index in [9.17, 15) is 12.3 Å². The van der Waals surface area contributed by atoms with Crippen LogP contribution in [0.25, 0.3) is 0 Å². The summed E-state index contributed by atoms with van der Waals surface area (Å²) >= 11 is 9.91. The Morgan fingerprint density at radius 1 is 1.67 bits per heavy atom. The minimum atomic E-state index is -4.86. The maximum atomic E-state index is 11.5. The first-order valence-electron chi connectivity index (χ1n) is 1.70. The van der Waals surface area contributed by atoms with Crippen molar-refractivity contribution in [1.29, 1.82) is 0 Å². The molecule has 0 atom stereocenters. The molecule has 3 nitrogen and oxygen atoms in total. The molecule has 0 aromatic rings. The SMILES string of the molecule is O=S(=O)(F)N=C(Cl)CCl. The van der Waals surface area contributed by atoms with Crippen LogP contribution in [-0.2, 0) is 10.4 Å². The van der Waals surface area contributed by atoms with E-state index in [2.05, 4.69) is 4.40 Å². The molecular formula is C2H2Cl2FNO2S. The van der Waals surface area contributed by atoms with E-state index < -0.39 is 15.6 Å². The van der Waals surface area contributed by atoms with Crippen molar-refractivity contribution in [2.24, 2.45) is 4.40 Å². The van der Waals surface area contributed by atoms with Crippen LogP contribution in [0.15, 0.2) is 4.40 Å². The van der Waals surface area contributed by atoms with E-state index in [-0.39, 0.29) is 5.88 Å². The van der Waals surface area contributed by atoms with Gasteiger partial charge in [0.25, 0.3) is 0 Å². The summed E-state index contributed by atoms with van der Waals surface area (Å²) in [6.45, 7) is 0. The fraction of sp³-hybridized carbons (Fsp3) is 0.500. The Labute approximate surface area is 61.8 Å². The van der Waals surface area contributed by atoms with Gasteiger partial charge in [-0.2, -0.15) is 8.42 Å². The molecule has 7 heteroatoms. The average molecular weight is 194 g/mol. The van der Waals surface area contributed by atoms with Gasteiger partial charge in [-0.05, 0) is 0 Å². The van der Waals surface area contributed by atoms with Crippen molar-refractivity contribution in [3.8, 4) is 0 Å². The van der Waals surface area contributed by atoms with Gasteiger partial charge in [0, 0.05) is 0 Å². The van der Waals surface area contributed by atoms with E-state index in [0.29, 0.717) is 0 Å². The van der Waals surface area contributed by atoms with E-state index >= 15 is 0 Å². The third kappa shape index (κ3) is 6.01. The highest BCUT2D eigenvalue weighted by Crippen LogP contribution is 1.98. The quantitative estimate of drug-likeness (QED) is 0.375. The fourth-order valence-corrected chi connectivity index (χ4v) is 0.822. The van der Waals surface area contributed by atoms with Crippen LogP contribution in [0.4, 0.5) is 3.89 Å². The van der Waals surface area contributed by atoms with Crippen LogP contribution in [0.2, 0.25) is 0 Å². The highest BCUT2D eigenvalue weighted by molar-refractivity contribution is 7.85. The van der Waals surface area contributed by atoms with Gasteiger partial charge in [0.2, 0.25) is 0 Å². The van der Waals surface area contributed by atoms with Crippen LogP contribution in [-0.4, -0.2) is 19.5 Å². The molecule has 0 fully saturated rings. The molecule has 0 spiro atoms. The van der Waals surface area contributed by atoms with E-state index in [1.165, 1.54) is 0 Å². The molecule has 0 aliphatic heterocycles. The second-order valence-electron chi connectivity index (χ2n) is 1.01. The summed E-state index contributed by atoms with van der Waals surface area (Å²) < 4.78 is 33.1.